The Bertz CT molecular complexity index is 1020. The number of nitrogens with one attached hydrogen (secondary N) is 1. The average molecular weight is 429 g/mol. The number of nitriles is 1. The van der Waals surface area contributed by atoms with E-state index >= 15 is 0 Å². The number of hydrazine groups is 1. The topological polar surface area (TPSA) is 130 Å². The van der Waals surface area contributed by atoms with Gasteiger partial charge in [0.2, 0.25) is 10.0 Å². The number of pyridine rings is 1. The number of rotatable bonds is 4. The summed E-state index contributed by atoms with van der Waals surface area (Å²) in [5.41, 5.74) is 0.853. The van der Waals surface area contributed by atoms with Crippen molar-refractivity contribution in [3.8, 4) is 11.9 Å². The molecule has 3 heterocycles. The summed E-state index contributed by atoms with van der Waals surface area (Å²) in [5, 5.41) is 19.7. The highest BCUT2D eigenvalue weighted by atomic mass is 32.2. The zero-order valence-electron chi connectivity index (χ0n) is 15.1. The van der Waals surface area contributed by atoms with E-state index in [1.54, 1.807) is 11.1 Å². The predicted molar refractivity (Wildman–Crippen MR) is 96.1 cm³/mol. The van der Waals surface area contributed by atoms with Crippen LogP contribution < -0.4 is 10.6 Å². The Kier molecular flexibility index (Phi) is 5.78. The highest BCUT2D eigenvalue weighted by molar-refractivity contribution is 7.89. The molecule has 0 atom stereocenters. The molecule has 3 rings (SSSR count). The number of anilines is 1. The molecule has 9 nitrogen and oxygen atoms in total. The number of nitrogens with two attached hydrogens (primary N) is 1. The van der Waals surface area contributed by atoms with Crippen LogP contribution >= 0.6 is 0 Å². The second-order valence-electron chi connectivity index (χ2n) is 6.50. The van der Waals surface area contributed by atoms with Crippen LogP contribution in [0.5, 0.6) is 0 Å². The van der Waals surface area contributed by atoms with Gasteiger partial charge < -0.3 is 5.43 Å². The fraction of sp³-hybridized carbons (Fsp3) is 0.438. The first-order valence-corrected chi connectivity index (χ1v) is 10.3. The summed E-state index contributed by atoms with van der Waals surface area (Å²) >= 11 is 0. The van der Waals surface area contributed by atoms with Crippen LogP contribution in [0.3, 0.4) is 0 Å². The Hall–Kier alpha value is -2.69. The van der Waals surface area contributed by atoms with Crippen molar-refractivity contribution < 1.29 is 21.6 Å². The van der Waals surface area contributed by atoms with Crippen molar-refractivity contribution in [2.75, 3.05) is 18.5 Å². The van der Waals surface area contributed by atoms with Crippen molar-refractivity contribution in [2.45, 2.75) is 36.8 Å². The maximum atomic E-state index is 13.4. The van der Waals surface area contributed by atoms with Crippen LogP contribution in [0.2, 0.25) is 0 Å². The lowest BCUT2D eigenvalue weighted by Gasteiger charge is -2.22. The molecule has 0 aliphatic carbocycles. The quantitative estimate of drug-likeness (QED) is 0.760. The molecule has 0 aromatic carbocycles. The minimum atomic E-state index is -4.86. The number of hydrogen-bond acceptors (Lipinski definition) is 7. The second kappa shape index (κ2) is 7.97. The largest absolute Gasteiger partial charge is 0.436 e. The maximum Gasteiger partial charge on any atom is 0.436 e. The van der Waals surface area contributed by atoms with Crippen LogP contribution in [0.1, 0.15) is 36.9 Å². The van der Waals surface area contributed by atoms with Crippen LogP contribution in [0.15, 0.2) is 23.2 Å². The van der Waals surface area contributed by atoms with Gasteiger partial charge in [0.15, 0.2) is 17.3 Å². The van der Waals surface area contributed by atoms with Gasteiger partial charge in [-0.15, -0.1) is 0 Å². The van der Waals surface area contributed by atoms with E-state index < -0.39 is 27.5 Å². The summed E-state index contributed by atoms with van der Waals surface area (Å²) in [6.07, 6.45) is -0.208. The molecule has 0 spiro atoms. The zero-order chi connectivity index (χ0) is 21.2. The molecule has 2 aromatic rings. The van der Waals surface area contributed by atoms with Crippen LogP contribution in [0.25, 0.3) is 5.82 Å². The third kappa shape index (κ3) is 4.66. The van der Waals surface area contributed by atoms with Crippen molar-refractivity contribution in [3.05, 3.63) is 29.6 Å². The van der Waals surface area contributed by atoms with Gasteiger partial charge in [0.1, 0.15) is 16.5 Å². The van der Waals surface area contributed by atoms with Gasteiger partial charge >= 0.3 is 6.18 Å². The molecular formula is C16H18F3N7O2S. The third-order valence-corrected chi connectivity index (χ3v) is 5.30. The van der Waals surface area contributed by atoms with E-state index in [9.17, 15) is 26.9 Å². The molecule has 29 heavy (non-hydrogen) atoms. The van der Waals surface area contributed by atoms with Crippen molar-refractivity contribution >= 4 is 15.8 Å². The minimum Gasteiger partial charge on any atom is -0.302 e. The highest BCUT2D eigenvalue weighted by Gasteiger charge is 2.40. The number of alkyl halides is 3. The van der Waals surface area contributed by atoms with Crippen molar-refractivity contribution in [1.29, 1.82) is 5.26 Å². The number of primary sulfonamides is 1. The van der Waals surface area contributed by atoms with E-state index in [0.717, 1.165) is 42.6 Å². The highest BCUT2D eigenvalue weighted by Crippen LogP contribution is 2.35. The fourth-order valence-corrected chi connectivity index (χ4v) is 3.45. The summed E-state index contributed by atoms with van der Waals surface area (Å²) in [6.45, 7) is 1.18. The van der Waals surface area contributed by atoms with Crippen molar-refractivity contribution in [1.82, 2.24) is 19.8 Å². The van der Waals surface area contributed by atoms with Crippen LogP contribution in [-0.4, -0.2) is 41.3 Å². The van der Waals surface area contributed by atoms with Crippen LogP contribution in [0, 0.1) is 11.3 Å². The first-order valence-electron chi connectivity index (χ1n) is 8.72. The molecule has 0 bridgehead atoms. The summed E-state index contributed by atoms with van der Waals surface area (Å²) in [5.74, 6) is -0.278. The monoisotopic (exact) mass is 429 g/mol. The summed E-state index contributed by atoms with van der Waals surface area (Å²) < 4.78 is 63.9. The molecule has 156 valence electrons. The lowest BCUT2D eigenvalue weighted by Crippen LogP contribution is -2.32. The van der Waals surface area contributed by atoms with Gasteiger partial charge in [-0.1, -0.05) is 12.8 Å². The average Bonchev–Trinajstić information content (AvgIpc) is 2.82. The van der Waals surface area contributed by atoms with E-state index in [0.29, 0.717) is 13.1 Å². The fourth-order valence-electron chi connectivity index (χ4n) is 2.99. The van der Waals surface area contributed by atoms with Gasteiger partial charge in [-0.3, -0.25) is 0 Å². The molecule has 0 saturated carbocycles. The summed E-state index contributed by atoms with van der Waals surface area (Å²) in [7, 11) is -4.02. The molecule has 1 aliphatic heterocycles. The zero-order valence-corrected chi connectivity index (χ0v) is 16.0. The lowest BCUT2D eigenvalue weighted by molar-refractivity contribution is -0.141. The van der Waals surface area contributed by atoms with E-state index in [1.807, 2.05) is 0 Å². The predicted octanol–water partition coefficient (Wildman–Crippen LogP) is 2.01. The smallest absolute Gasteiger partial charge is 0.302 e. The molecule has 2 aromatic heterocycles. The summed E-state index contributed by atoms with van der Waals surface area (Å²) in [6, 6.07) is 3.84. The Balaban J connectivity index is 2.09. The number of nitrogens with zero attached hydrogens (tertiary/aromatic N) is 5. The van der Waals surface area contributed by atoms with Gasteiger partial charge in [-0.2, -0.15) is 28.2 Å². The molecule has 3 N–H and O–H groups in total. The van der Waals surface area contributed by atoms with Gasteiger partial charge in [-0.05, 0) is 25.0 Å². The Labute approximate surface area is 164 Å². The molecule has 1 aliphatic rings. The number of halogens is 3. The Morgan fingerprint density at radius 2 is 1.83 bits per heavy atom. The molecule has 1 saturated heterocycles. The second-order valence-corrected chi connectivity index (χ2v) is 8.07. The molecule has 1 fully saturated rings. The van der Waals surface area contributed by atoms with Crippen LogP contribution in [0.4, 0.5) is 19.0 Å². The van der Waals surface area contributed by atoms with Gasteiger partial charge in [0.05, 0.1) is 0 Å². The Morgan fingerprint density at radius 1 is 1.17 bits per heavy atom. The summed E-state index contributed by atoms with van der Waals surface area (Å²) in [4.78, 5) is 3.57. The van der Waals surface area contributed by atoms with E-state index in [4.69, 9.17) is 5.14 Å². The lowest BCUT2D eigenvalue weighted by atomic mass is 10.2. The number of aromatic nitrogens is 3. The number of hydrogen-bond donors (Lipinski definition) is 2. The maximum absolute atomic E-state index is 13.4. The molecule has 0 unspecified atom stereocenters. The van der Waals surface area contributed by atoms with Gasteiger partial charge in [0, 0.05) is 19.3 Å². The third-order valence-electron chi connectivity index (χ3n) is 4.40. The van der Waals surface area contributed by atoms with Gasteiger partial charge in [-0.25, -0.2) is 23.5 Å². The van der Waals surface area contributed by atoms with Crippen molar-refractivity contribution in [3.63, 3.8) is 0 Å². The molecular weight excluding hydrogens is 411 g/mol. The van der Waals surface area contributed by atoms with E-state index in [2.05, 4.69) is 15.5 Å². The van der Waals surface area contributed by atoms with Crippen LogP contribution in [-0.2, 0) is 16.2 Å². The molecule has 13 heteroatoms. The molecule has 0 amide bonds. The van der Waals surface area contributed by atoms with Crippen molar-refractivity contribution in [2.24, 2.45) is 5.14 Å². The molecule has 0 radical (unpaired) electrons. The van der Waals surface area contributed by atoms with E-state index in [-0.39, 0.29) is 16.5 Å². The first-order chi connectivity index (χ1) is 13.6. The van der Waals surface area contributed by atoms with E-state index in [1.165, 1.54) is 6.07 Å². The normalized spacial score (nSPS) is 16.2. The van der Waals surface area contributed by atoms with Gasteiger partial charge in [0.25, 0.3) is 0 Å². The minimum absolute atomic E-state index is 0.0956. The number of sulfonamides is 1. The standard InChI is InChI=1S/C16H18F3N7O2S/c17-16(18,19)14-12(9-20)15(24-25-7-3-1-2-4-8-25)26(23-14)13-6-5-11(10-22-13)29(21,27)28/h5-6,10,24H,1-4,7-8H2,(H2,21,27,28). The Morgan fingerprint density at radius 3 is 2.31 bits per heavy atom. The SMILES string of the molecule is N#Cc1c(C(F)(F)F)nn(-c2ccc(S(N)(=O)=O)cn2)c1NN1CCCCCC1. The first kappa shape index (κ1) is 21.0.